The molecule has 8 nitrogen and oxygen atoms in total. The van der Waals surface area contributed by atoms with Crippen molar-refractivity contribution in [1.29, 1.82) is 0 Å². The number of nitrogens with zero attached hydrogens (tertiary/aromatic N) is 4. The van der Waals surface area contributed by atoms with Crippen LogP contribution in [0.1, 0.15) is 33.7 Å². The van der Waals surface area contributed by atoms with E-state index in [0.717, 1.165) is 0 Å². The Morgan fingerprint density at radius 1 is 1.40 bits per heavy atom. The molecule has 0 saturated carbocycles. The summed E-state index contributed by atoms with van der Waals surface area (Å²) < 4.78 is 31.7. The molecule has 1 aliphatic heterocycles. The number of hydrogen-bond donors (Lipinski definition) is 2. The van der Waals surface area contributed by atoms with Gasteiger partial charge in [0.05, 0.1) is 18.3 Å². The minimum Gasteiger partial charge on any atom is -0.444 e. The van der Waals surface area contributed by atoms with Gasteiger partial charge in [-0.25, -0.2) is 14.5 Å². The van der Waals surface area contributed by atoms with Crippen LogP contribution in [0.5, 0.6) is 0 Å². The Bertz CT molecular complexity index is 903. The molecule has 11 heteroatoms. The molecule has 0 bridgehead atoms. The van der Waals surface area contributed by atoms with Gasteiger partial charge in [-0.1, -0.05) is 11.6 Å². The predicted molar refractivity (Wildman–Crippen MR) is 108 cm³/mol. The molecule has 1 aliphatic rings. The Balaban J connectivity index is 1.84. The van der Waals surface area contributed by atoms with Crippen LogP contribution in [0.2, 0.25) is 5.15 Å². The first kappa shape index (κ1) is 22.2. The van der Waals surface area contributed by atoms with Gasteiger partial charge in [-0.3, -0.25) is 0 Å². The third-order valence-corrected chi connectivity index (χ3v) is 4.79. The lowest BCUT2D eigenvalue weighted by molar-refractivity contribution is 0.0399. The summed E-state index contributed by atoms with van der Waals surface area (Å²) in [5, 5.41) is 17.0. The largest absolute Gasteiger partial charge is 0.444 e. The fourth-order valence-electron chi connectivity index (χ4n) is 3.25. The molecule has 2 atom stereocenters. The smallest absolute Gasteiger partial charge is 0.408 e. The lowest BCUT2D eigenvalue weighted by Crippen LogP contribution is -2.56. The molecule has 1 fully saturated rings. The van der Waals surface area contributed by atoms with Gasteiger partial charge in [0.2, 0.25) is 0 Å². The third kappa shape index (κ3) is 5.37. The number of alkyl halides is 2. The van der Waals surface area contributed by atoms with Crippen LogP contribution in [0.15, 0.2) is 24.7 Å². The first-order chi connectivity index (χ1) is 14.0. The van der Waals surface area contributed by atoms with E-state index < -0.39 is 30.4 Å². The van der Waals surface area contributed by atoms with Crippen LogP contribution in [0, 0.1) is 0 Å². The number of nitrogens with one attached hydrogen (secondary N) is 1. The summed E-state index contributed by atoms with van der Waals surface area (Å²) in [6.07, 6.45) is 3.06. The molecule has 3 heterocycles. The molecule has 1 saturated heterocycles. The number of aromatic nitrogens is 3. The molecule has 0 unspecified atom stereocenters. The number of aliphatic hydroxyl groups excluding tert-OH is 1. The van der Waals surface area contributed by atoms with Crippen molar-refractivity contribution < 1.29 is 23.4 Å². The van der Waals surface area contributed by atoms with Crippen molar-refractivity contribution in [2.24, 2.45) is 0 Å². The van der Waals surface area contributed by atoms with Crippen molar-refractivity contribution in [3.8, 4) is 11.1 Å². The topological polar surface area (TPSA) is 92.5 Å². The highest BCUT2D eigenvalue weighted by molar-refractivity contribution is 6.29. The quantitative estimate of drug-likeness (QED) is 0.703. The summed E-state index contributed by atoms with van der Waals surface area (Å²) in [5.74, 6) is 0. The molecule has 0 radical (unpaired) electrons. The lowest BCUT2D eigenvalue weighted by atomic mass is 10.00. The zero-order chi connectivity index (χ0) is 22.1. The monoisotopic (exact) mass is 443 g/mol. The van der Waals surface area contributed by atoms with Crippen molar-refractivity contribution in [2.75, 3.05) is 18.0 Å². The second-order valence-electron chi connectivity index (χ2n) is 8.07. The van der Waals surface area contributed by atoms with Crippen LogP contribution in [0.25, 0.3) is 11.1 Å². The standard InChI is InChI=1S/C19H24ClF2N5O3/c1-19(2,3)30-18(29)25-13-10-26(5-4-15(13)28)14-6-16(20)23-8-12(14)11-7-24-27(9-11)17(21)22/h6-9,13,15,17,28H,4-5,10H2,1-3H3,(H,25,29)/t13-,15-/m1/s1. The van der Waals surface area contributed by atoms with E-state index in [1.54, 1.807) is 26.8 Å². The summed E-state index contributed by atoms with van der Waals surface area (Å²) in [5.41, 5.74) is 1.00. The van der Waals surface area contributed by atoms with Crippen molar-refractivity contribution in [2.45, 2.75) is 51.5 Å². The van der Waals surface area contributed by atoms with E-state index >= 15 is 0 Å². The van der Waals surface area contributed by atoms with Crippen LogP contribution < -0.4 is 10.2 Å². The van der Waals surface area contributed by atoms with Crippen LogP contribution in [0.4, 0.5) is 19.3 Å². The van der Waals surface area contributed by atoms with Gasteiger partial charge in [0, 0.05) is 42.3 Å². The Morgan fingerprint density at radius 3 is 2.77 bits per heavy atom. The summed E-state index contributed by atoms with van der Waals surface area (Å²) in [7, 11) is 0. The maximum Gasteiger partial charge on any atom is 0.408 e. The fraction of sp³-hybridized carbons (Fsp3) is 0.526. The second kappa shape index (κ2) is 8.73. The summed E-state index contributed by atoms with van der Waals surface area (Å²) in [6, 6.07) is 1.04. The molecule has 164 valence electrons. The number of aliphatic hydroxyl groups is 1. The molecule has 30 heavy (non-hydrogen) atoms. The molecule has 0 aliphatic carbocycles. The molecular formula is C19H24ClF2N5O3. The minimum atomic E-state index is -2.75. The van der Waals surface area contributed by atoms with E-state index in [2.05, 4.69) is 15.4 Å². The number of ether oxygens (including phenoxy) is 1. The highest BCUT2D eigenvalue weighted by Gasteiger charge is 2.32. The van der Waals surface area contributed by atoms with E-state index in [1.165, 1.54) is 18.6 Å². The van der Waals surface area contributed by atoms with Crippen LogP contribution in [-0.2, 0) is 4.74 Å². The van der Waals surface area contributed by atoms with Crippen molar-refractivity contribution in [1.82, 2.24) is 20.1 Å². The maximum atomic E-state index is 12.9. The number of carbonyl (C=O) groups excluding carboxylic acids is 1. The average Bonchev–Trinajstić information content (AvgIpc) is 3.12. The number of carbonyl (C=O) groups is 1. The second-order valence-corrected chi connectivity index (χ2v) is 8.45. The molecule has 3 rings (SSSR count). The molecular weight excluding hydrogens is 420 g/mol. The van der Waals surface area contributed by atoms with Gasteiger partial charge in [0.25, 0.3) is 0 Å². The van der Waals surface area contributed by atoms with Crippen molar-refractivity contribution in [3.05, 3.63) is 29.8 Å². The summed E-state index contributed by atoms with van der Waals surface area (Å²) in [4.78, 5) is 18.1. The molecule has 0 spiro atoms. The van der Waals surface area contributed by atoms with Crippen LogP contribution >= 0.6 is 11.6 Å². The zero-order valence-corrected chi connectivity index (χ0v) is 17.6. The van der Waals surface area contributed by atoms with E-state index in [9.17, 15) is 18.7 Å². The fourth-order valence-corrected chi connectivity index (χ4v) is 3.40. The van der Waals surface area contributed by atoms with E-state index in [1.807, 2.05) is 4.90 Å². The van der Waals surface area contributed by atoms with E-state index in [4.69, 9.17) is 16.3 Å². The Kier molecular flexibility index (Phi) is 6.47. The van der Waals surface area contributed by atoms with Crippen LogP contribution in [0.3, 0.4) is 0 Å². The molecule has 2 N–H and O–H groups in total. The molecule has 1 amide bonds. The van der Waals surface area contributed by atoms with Gasteiger partial charge in [-0.05, 0) is 33.3 Å². The number of hydrogen-bond acceptors (Lipinski definition) is 6. The van der Waals surface area contributed by atoms with E-state index in [0.29, 0.717) is 34.5 Å². The molecule has 2 aromatic rings. The lowest BCUT2D eigenvalue weighted by Gasteiger charge is -2.38. The van der Waals surface area contributed by atoms with Gasteiger partial charge >= 0.3 is 12.6 Å². The summed E-state index contributed by atoms with van der Waals surface area (Å²) in [6.45, 7) is 3.25. The molecule has 0 aromatic carbocycles. The number of piperidine rings is 1. The first-order valence-electron chi connectivity index (χ1n) is 9.44. The Morgan fingerprint density at radius 2 is 2.13 bits per heavy atom. The number of rotatable bonds is 4. The number of anilines is 1. The number of amides is 1. The first-order valence-corrected chi connectivity index (χ1v) is 9.82. The van der Waals surface area contributed by atoms with Crippen molar-refractivity contribution in [3.63, 3.8) is 0 Å². The normalized spacial score (nSPS) is 19.8. The van der Waals surface area contributed by atoms with E-state index in [-0.39, 0.29) is 11.7 Å². The average molecular weight is 444 g/mol. The Hall–Kier alpha value is -2.46. The zero-order valence-electron chi connectivity index (χ0n) is 16.8. The molecule has 2 aromatic heterocycles. The third-order valence-electron chi connectivity index (χ3n) is 4.58. The number of halogens is 3. The highest BCUT2D eigenvalue weighted by Crippen LogP contribution is 2.34. The SMILES string of the molecule is CC(C)(C)OC(=O)N[C@@H]1CN(c2cc(Cl)ncc2-c2cnn(C(F)F)c2)CC[C@H]1O. The highest BCUT2D eigenvalue weighted by atomic mass is 35.5. The van der Waals surface area contributed by atoms with Gasteiger partial charge in [0.15, 0.2) is 0 Å². The number of alkyl carbamates (subject to hydrolysis) is 1. The van der Waals surface area contributed by atoms with Gasteiger partial charge in [0.1, 0.15) is 10.8 Å². The van der Waals surface area contributed by atoms with Gasteiger partial charge in [-0.15, -0.1) is 0 Å². The summed E-state index contributed by atoms with van der Waals surface area (Å²) >= 11 is 6.08. The predicted octanol–water partition coefficient (Wildman–Crippen LogP) is 3.46. The number of pyridine rings is 1. The van der Waals surface area contributed by atoms with Crippen molar-refractivity contribution >= 4 is 23.4 Å². The minimum absolute atomic E-state index is 0.234. The van der Waals surface area contributed by atoms with Gasteiger partial charge in [-0.2, -0.15) is 13.9 Å². The van der Waals surface area contributed by atoms with Gasteiger partial charge < -0.3 is 20.1 Å². The Labute approximate surface area is 177 Å². The van der Waals surface area contributed by atoms with Crippen LogP contribution in [-0.4, -0.2) is 56.8 Å². The maximum absolute atomic E-state index is 12.9.